The van der Waals surface area contributed by atoms with Gasteiger partial charge in [0.15, 0.2) is 5.11 Å². The van der Waals surface area contributed by atoms with Gasteiger partial charge in [0.1, 0.15) is 11.8 Å². The molecule has 0 unspecified atom stereocenters. The number of rotatable bonds is 3. The van der Waals surface area contributed by atoms with Gasteiger partial charge in [0.2, 0.25) is 0 Å². The van der Waals surface area contributed by atoms with Crippen molar-refractivity contribution in [1.82, 2.24) is 10.1 Å². The first-order valence-electron chi connectivity index (χ1n) is 7.74. The van der Waals surface area contributed by atoms with E-state index in [9.17, 15) is 4.79 Å². The van der Waals surface area contributed by atoms with E-state index in [0.717, 1.165) is 42.5 Å². The molecule has 0 saturated carbocycles. The fourth-order valence-corrected chi connectivity index (χ4v) is 3.02. The number of anilines is 1. The SMILES string of the molecule is CCOC(=O)C1CCN(C(=S)Nc2ccc3conc3c2)CC1. The van der Waals surface area contributed by atoms with E-state index in [-0.39, 0.29) is 11.9 Å². The second kappa shape index (κ2) is 6.95. The summed E-state index contributed by atoms with van der Waals surface area (Å²) in [7, 11) is 0. The largest absolute Gasteiger partial charge is 0.466 e. The summed E-state index contributed by atoms with van der Waals surface area (Å²) in [4.78, 5) is 13.8. The number of nitrogens with zero attached hydrogens (tertiary/aromatic N) is 2. The van der Waals surface area contributed by atoms with Gasteiger partial charge in [-0.3, -0.25) is 4.79 Å². The zero-order chi connectivity index (χ0) is 16.2. The Morgan fingerprint density at radius 3 is 3.00 bits per heavy atom. The van der Waals surface area contributed by atoms with Crippen molar-refractivity contribution >= 4 is 39.9 Å². The zero-order valence-electron chi connectivity index (χ0n) is 12.9. The summed E-state index contributed by atoms with van der Waals surface area (Å²) in [5.74, 6) is -0.108. The Morgan fingerprint density at radius 1 is 1.48 bits per heavy atom. The highest BCUT2D eigenvalue weighted by molar-refractivity contribution is 7.80. The van der Waals surface area contributed by atoms with Gasteiger partial charge in [-0.1, -0.05) is 5.16 Å². The molecule has 0 bridgehead atoms. The number of likely N-dealkylation sites (tertiary alicyclic amines) is 1. The Bertz CT molecular complexity index is 707. The number of esters is 1. The van der Waals surface area contributed by atoms with Gasteiger partial charge in [-0.05, 0) is 50.2 Å². The van der Waals surface area contributed by atoms with E-state index in [1.807, 2.05) is 25.1 Å². The maximum Gasteiger partial charge on any atom is 0.309 e. The van der Waals surface area contributed by atoms with Crippen molar-refractivity contribution in [2.75, 3.05) is 25.0 Å². The van der Waals surface area contributed by atoms with Crippen LogP contribution in [0.3, 0.4) is 0 Å². The van der Waals surface area contributed by atoms with Crippen molar-refractivity contribution in [3.8, 4) is 0 Å². The zero-order valence-corrected chi connectivity index (χ0v) is 13.8. The Kier molecular flexibility index (Phi) is 4.76. The predicted octanol–water partition coefficient (Wildman–Crippen LogP) is 2.80. The van der Waals surface area contributed by atoms with Gasteiger partial charge in [0.25, 0.3) is 0 Å². The highest BCUT2D eigenvalue weighted by atomic mass is 32.1. The number of hydrogen-bond acceptors (Lipinski definition) is 5. The summed E-state index contributed by atoms with van der Waals surface area (Å²) < 4.78 is 10.0. The van der Waals surface area contributed by atoms with Crippen LogP contribution < -0.4 is 5.32 Å². The molecule has 7 heteroatoms. The average Bonchev–Trinajstić information content (AvgIpc) is 3.03. The smallest absolute Gasteiger partial charge is 0.309 e. The van der Waals surface area contributed by atoms with E-state index >= 15 is 0 Å². The highest BCUT2D eigenvalue weighted by Gasteiger charge is 2.27. The number of piperidine rings is 1. The van der Waals surface area contributed by atoms with Crippen molar-refractivity contribution < 1.29 is 14.1 Å². The van der Waals surface area contributed by atoms with Crippen molar-refractivity contribution in [2.24, 2.45) is 5.92 Å². The van der Waals surface area contributed by atoms with Crippen LogP contribution in [0, 0.1) is 5.92 Å². The lowest BCUT2D eigenvalue weighted by atomic mass is 9.97. The molecule has 1 aliphatic rings. The van der Waals surface area contributed by atoms with E-state index in [1.54, 1.807) is 6.26 Å². The molecule has 0 aliphatic carbocycles. The van der Waals surface area contributed by atoms with E-state index in [4.69, 9.17) is 21.5 Å². The summed E-state index contributed by atoms with van der Waals surface area (Å²) in [6.07, 6.45) is 3.14. The van der Waals surface area contributed by atoms with E-state index in [1.165, 1.54) is 0 Å². The fraction of sp³-hybridized carbons (Fsp3) is 0.438. The van der Waals surface area contributed by atoms with Gasteiger partial charge in [0.05, 0.1) is 12.5 Å². The molecule has 3 rings (SSSR count). The van der Waals surface area contributed by atoms with Crippen molar-refractivity contribution in [3.63, 3.8) is 0 Å². The molecule has 1 aromatic heterocycles. The number of thiocarbonyl (C=S) groups is 1. The summed E-state index contributed by atoms with van der Waals surface area (Å²) in [6.45, 7) is 3.77. The first-order valence-corrected chi connectivity index (χ1v) is 8.15. The van der Waals surface area contributed by atoms with E-state index in [2.05, 4.69) is 15.4 Å². The fourth-order valence-electron chi connectivity index (χ4n) is 2.72. The molecule has 122 valence electrons. The molecule has 2 heterocycles. The molecule has 1 saturated heterocycles. The first kappa shape index (κ1) is 15.7. The van der Waals surface area contributed by atoms with Crippen molar-refractivity contribution in [2.45, 2.75) is 19.8 Å². The van der Waals surface area contributed by atoms with Gasteiger partial charge in [-0.25, -0.2) is 0 Å². The summed E-state index contributed by atoms with van der Waals surface area (Å²) in [6, 6.07) is 5.78. The maximum atomic E-state index is 11.8. The molecule has 1 aliphatic heterocycles. The number of benzene rings is 1. The van der Waals surface area contributed by atoms with Gasteiger partial charge in [-0.15, -0.1) is 0 Å². The number of hydrogen-bond donors (Lipinski definition) is 1. The Hall–Kier alpha value is -2.15. The average molecular weight is 333 g/mol. The van der Waals surface area contributed by atoms with Gasteiger partial charge in [0, 0.05) is 24.2 Å². The molecular weight excluding hydrogens is 314 g/mol. The van der Waals surface area contributed by atoms with Crippen molar-refractivity contribution in [3.05, 3.63) is 24.5 Å². The van der Waals surface area contributed by atoms with E-state index in [0.29, 0.717) is 11.7 Å². The summed E-state index contributed by atoms with van der Waals surface area (Å²) >= 11 is 5.47. The first-order chi connectivity index (χ1) is 11.2. The molecular formula is C16H19N3O3S. The van der Waals surface area contributed by atoms with Gasteiger partial charge < -0.3 is 19.5 Å². The van der Waals surface area contributed by atoms with Crippen LogP contribution in [0.1, 0.15) is 19.8 Å². The van der Waals surface area contributed by atoms with Crippen LogP contribution in [0.4, 0.5) is 5.69 Å². The Labute approximate surface area is 139 Å². The number of aromatic nitrogens is 1. The van der Waals surface area contributed by atoms with Crippen LogP contribution in [0.15, 0.2) is 29.0 Å². The standard InChI is InChI=1S/C16H19N3O3S/c1-2-21-15(20)11-5-7-19(8-6-11)16(23)17-13-4-3-12-10-22-18-14(12)9-13/h3-4,9-11H,2,5-8H2,1H3,(H,17,23). The van der Waals surface area contributed by atoms with Gasteiger partial charge >= 0.3 is 5.97 Å². The molecule has 0 radical (unpaired) electrons. The quantitative estimate of drug-likeness (QED) is 0.684. The number of fused-ring (bicyclic) bond motifs is 1. The second-order valence-electron chi connectivity index (χ2n) is 5.53. The topological polar surface area (TPSA) is 67.6 Å². The molecule has 1 aromatic carbocycles. The lowest BCUT2D eigenvalue weighted by Gasteiger charge is -2.32. The Morgan fingerprint density at radius 2 is 2.26 bits per heavy atom. The monoisotopic (exact) mass is 333 g/mol. The predicted molar refractivity (Wildman–Crippen MR) is 91.2 cm³/mol. The maximum absolute atomic E-state index is 11.8. The minimum atomic E-state index is -0.0949. The number of carbonyl (C=O) groups excluding carboxylic acids is 1. The highest BCUT2D eigenvalue weighted by Crippen LogP contribution is 2.21. The van der Waals surface area contributed by atoms with Crippen LogP contribution in [0.25, 0.3) is 10.9 Å². The minimum Gasteiger partial charge on any atom is -0.466 e. The Balaban J connectivity index is 1.56. The molecule has 1 N–H and O–H groups in total. The molecule has 6 nitrogen and oxygen atoms in total. The van der Waals surface area contributed by atoms with Crippen LogP contribution in [-0.2, 0) is 9.53 Å². The van der Waals surface area contributed by atoms with Crippen LogP contribution in [0.2, 0.25) is 0 Å². The molecule has 0 spiro atoms. The summed E-state index contributed by atoms with van der Waals surface area (Å²) in [5, 5.41) is 8.76. The van der Waals surface area contributed by atoms with Crippen molar-refractivity contribution in [1.29, 1.82) is 0 Å². The minimum absolute atomic E-state index is 0.0134. The van der Waals surface area contributed by atoms with Gasteiger partial charge in [-0.2, -0.15) is 0 Å². The van der Waals surface area contributed by atoms with Crippen LogP contribution >= 0.6 is 12.2 Å². The molecule has 1 fully saturated rings. The van der Waals surface area contributed by atoms with Crippen LogP contribution in [0.5, 0.6) is 0 Å². The normalized spacial score (nSPS) is 15.6. The third-order valence-electron chi connectivity index (χ3n) is 4.01. The third kappa shape index (κ3) is 3.61. The second-order valence-corrected chi connectivity index (χ2v) is 5.92. The third-order valence-corrected chi connectivity index (χ3v) is 4.37. The molecule has 2 aromatic rings. The molecule has 0 atom stereocenters. The lowest BCUT2D eigenvalue weighted by molar-refractivity contribution is -0.149. The number of nitrogens with one attached hydrogen (secondary N) is 1. The lowest BCUT2D eigenvalue weighted by Crippen LogP contribution is -2.42. The van der Waals surface area contributed by atoms with E-state index < -0.39 is 0 Å². The number of carbonyl (C=O) groups is 1. The molecule has 23 heavy (non-hydrogen) atoms. The van der Waals surface area contributed by atoms with Crippen LogP contribution in [-0.4, -0.2) is 40.8 Å². The number of ether oxygens (including phenoxy) is 1. The summed E-state index contributed by atoms with van der Waals surface area (Å²) in [5.41, 5.74) is 1.67. The molecule has 0 amide bonds.